The maximum absolute atomic E-state index is 14.0. The smallest absolute Gasteiger partial charge is 0.246 e. The van der Waals surface area contributed by atoms with E-state index in [-0.39, 0.29) is 64.2 Å². The molecule has 0 spiro atoms. The molecule has 1 saturated heterocycles. The molecular formula is C54H62ClN9O8S2. The number of rotatable bonds is 20. The van der Waals surface area contributed by atoms with Crippen molar-refractivity contribution in [1.29, 1.82) is 0 Å². The lowest BCUT2D eigenvalue weighted by Crippen LogP contribution is -2.58. The fraction of sp³-hybridized carbons (Fsp3) is 0.407. The van der Waals surface area contributed by atoms with Crippen molar-refractivity contribution in [3.05, 3.63) is 128 Å². The third-order valence-electron chi connectivity index (χ3n) is 12.9. The van der Waals surface area contributed by atoms with E-state index in [1.807, 2.05) is 93.2 Å². The number of thiazole rings is 1. The van der Waals surface area contributed by atoms with Gasteiger partial charge in [-0.25, -0.2) is 4.98 Å². The number of ether oxygens (including phenoxy) is 3. The van der Waals surface area contributed by atoms with Crippen molar-refractivity contribution in [2.24, 2.45) is 10.4 Å². The Morgan fingerprint density at radius 3 is 2.38 bits per heavy atom. The number of carbonyl (C=O) groups excluding carboxylic acids is 4. The number of fused-ring (bicyclic) bond motifs is 3. The van der Waals surface area contributed by atoms with Gasteiger partial charge >= 0.3 is 0 Å². The Hall–Kier alpha value is -6.35. The number of likely N-dealkylation sites (tertiary alicyclic amines) is 1. The van der Waals surface area contributed by atoms with Crippen molar-refractivity contribution in [2.75, 3.05) is 44.9 Å². The first kappa shape index (κ1) is 53.9. The van der Waals surface area contributed by atoms with Crippen LogP contribution in [0.3, 0.4) is 0 Å². The van der Waals surface area contributed by atoms with Gasteiger partial charge in [0.2, 0.25) is 23.6 Å². The summed E-state index contributed by atoms with van der Waals surface area (Å²) in [6, 6.07) is 20.1. The summed E-state index contributed by atoms with van der Waals surface area (Å²) in [4.78, 5) is 67.4. The highest BCUT2D eigenvalue weighted by Gasteiger charge is 2.44. The van der Waals surface area contributed by atoms with E-state index in [4.69, 9.17) is 30.8 Å². The first-order chi connectivity index (χ1) is 35.4. The SMILES string of the molecule is Cc1ncsc1-c1ccc(CNC(=O)C2C[C@@H](O)CN2C(=O)C(NC(=O)COCCCOCCOc2cccc(NC(=O)C[C@@H]3N=C(c4ccc(Cl)cc4)c4c(sc(C)c4C)-n4c(C)nnc43)c2)C(C)(C)C)cc1. The molecule has 0 saturated carbocycles. The topological polar surface area (TPSA) is 211 Å². The minimum absolute atomic E-state index is 0.0199. The number of anilines is 1. The van der Waals surface area contributed by atoms with E-state index in [9.17, 15) is 24.3 Å². The van der Waals surface area contributed by atoms with Crippen molar-refractivity contribution in [3.8, 4) is 21.2 Å². The van der Waals surface area contributed by atoms with Crippen LogP contribution in [0.2, 0.25) is 5.02 Å². The third-order valence-corrected chi connectivity index (χ3v) is 15.3. The van der Waals surface area contributed by atoms with E-state index in [1.54, 1.807) is 46.9 Å². The Kier molecular flexibility index (Phi) is 17.4. The van der Waals surface area contributed by atoms with Crippen LogP contribution < -0.4 is 20.7 Å². The lowest BCUT2D eigenvalue weighted by Gasteiger charge is -2.35. The van der Waals surface area contributed by atoms with Crippen LogP contribution in [-0.2, 0) is 35.2 Å². The number of carbonyl (C=O) groups is 4. The average molecular weight is 1060 g/mol. The lowest BCUT2D eigenvalue weighted by molar-refractivity contribution is -0.144. The number of amides is 4. The molecule has 2 unspecified atom stereocenters. The summed E-state index contributed by atoms with van der Waals surface area (Å²) in [5, 5.41) is 29.8. The molecule has 0 radical (unpaired) electrons. The van der Waals surface area contributed by atoms with Gasteiger partial charge in [-0.1, -0.05) is 74.8 Å². The number of thiophene rings is 1. The van der Waals surface area contributed by atoms with Gasteiger partial charge in [0.05, 0.1) is 40.9 Å². The number of aryl methyl sites for hydroxylation is 3. The second kappa shape index (κ2) is 23.9. The molecule has 390 valence electrons. The van der Waals surface area contributed by atoms with Gasteiger partial charge in [-0.05, 0) is 80.5 Å². The molecule has 2 aliphatic rings. The van der Waals surface area contributed by atoms with Crippen molar-refractivity contribution < 1.29 is 38.5 Å². The molecule has 1 fully saturated rings. The molecule has 5 heterocycles. The predicted octanol–water partition coefficient (Wildman–Crippen LogP) is 7.87. The molecule has 4 N–H and O–H groups in total. The number of nitrogens with zero attached hydrogens (tertiary/aromatic N) is 6. The summed E-state index contributed by atoms with van der Waals surface area (Å²) in [5.41, 5.74) is 8.30. The normalized spacial score (nSPS) is 16.7. The number of aromatic nitrogens is 4. The number of halogens is 1. The molecule has 74 heavy (non-hydrogen) atoms. The van der Waals surface area contributed by atoms with Gasteiger partial charge in [0.1, 0.15) is 47.9 Å². The molecule has 3 aromatic carbocycles. The number of hydrogen-bond acceptors (Lipinski definition) is 14. The van der Waals surface area contributed by atoms with Crippen LogP contribution in [0.15, 0.2) is 83.3 Å². The average Bonchev–Trinajstić information content (AvgIpc) is 4.14. The Morgan fingerprint density at radius 1 is 0.905 bits per heavy atom. The second-order valence-electron chi connectivity index (χ2n) is 19.5. The zero-order valence-electron chi connectivity index (χ0n) is 42.6. The minimum atomic E-state index is -0.976. The van der Waals surface area contributed by atoms with Gasteiger partial charge in [0.15, 0.2) is 5.82 Å². The summed E-state index contributed by atoms with van der Waals surface area (Å²) in [5.74, 6) is 0.292. The molecule has 4 amide bonds. The zero-order valence-corrected chi connectivity index (χ0v) is 45.0. The molecular weight excluding hydrogens is 1000 g/mol. The maximum atomic E-state index is 14.0. The monoisotopic (exact) mass is 1060 g/mol. The summed E-state index contributed by atoms with van der Waals surface area (Å²) in [6.07, 6.45) is -0.269. The molecule has 0 bridgehead atoms. The van der Waals surface area contributed by atoms with Gasteiger partial charge in [-0.3, -0.25) is 28.7 Å². The molecule has 17 nitrogen and oxygen atoms in total. The highest BCUT2D eigenvalue weighted by atomic mass is 35.5. The van der Waals surface area contributed by atoms with Gasteiger partial charge < -0.3 is 40.2 Å². The van der Waals surface area contributed by atoms with Gasteiger partial charge in [0, 0.05) is 65.5 Å². The number of aliphatic hydroxyl groups is 1. The number of hydrogen-bond donors (Lipinski definition) is 4. The quantitative estimate of drug-likeness (QED) is 0.0541. The number of benzene rings is 3. The maximum Gasteiger partial charge on any atom is 0.246 e. The summed E-state index contributed by atoms with van der Waals surface area (Å²) < 4.78 is 19.3. The first-order valence-corrected chi connectivity index (χ1v) is 26.6. The Morgan fingerprint density at radius 2 is 1.65 bits per heavy atom. The number of aliphatic hydroxyl groups excluding tert-OH is 1. The van der Waals surface area contributed by atoms with Crippen molar-refractivity contribution in [2.45, 2.75) is 98.5 Å². The second-order valence-corrected chi connectivity index (χ2v) is 22.0. The summed E-state index contributed by atoms with van der Waals surface area (Å²) in [7, 11) is 0. The number of aliphatic imine (C=N–C) groups is 1. The van der Waals surface area contributed by atoms with Gasteiger partial charge in [-0.15, -0.1) is 32.9 Å². The molecule has 20 heteroatoms. The van der Waals surface area contributed by atoms with Gasteiger partial charge in [0.25, 0.3) is 0 Å². The largest absolute Gasteiger partial charge is 0.491 e. The standard InChI is InChI=1S/C54H62ClN9O8S2/c1-31-33(3)74-53-46(31)47(36-16-18-38(55)19-17-36)59-42(50-62-61-34(4)64(50)53)26-44(66)58-39-10-8-11-41(24-39)72-23-22-70-20-9-21-71-29-45(67)60-49(54(5,6)7)52(69)63-28-40(65)25-43(63)51(68)56-27-35-12-14-37(15-13-35)48-32(2)57-30-73-48/h8,10-19,24,30,40,42-43,49,65H,9,20-23,25-29H2,1-7H3,(H,56,68)(H,58,66)(H,60,67)/t40-,42+,43?,49?/m1/s1. The molecule has 2 aliphatic heterocycles. The summed E-state index contributed by atoms with van der Waals surface area (Å²) in [6.45, 7) is 14.6. The van der Waals surface area contributed by atoms with Crippen LogP contribution in [0.25, 0.3) is 15.4 Å². The molecule has 0 aliphatic carbocycles. The minimum Gasteiger partial charge on any atom is -0.491 e. The van der Waals surface area contributed by atoms with E-state index in [2.05, 4.69) is 45.0 Å². The first-order valence-electron chi connectivity index (χ1n) is 24.5. The van der Waals surface area contributed by atoms with E-state index in [0.29, 0.717) is 41.1 Å². The zero-order chi connectivity index (χ0) is 52.7. The highest BCUT2D eigenvalue weighted by Crippen LogP contribution is 2.40. The van der Waals surface area contributed by atoms with E-state index < -0.39 is 41.5 Å². The predicted molar refractivity (Wildman–Crippen MR) is 286 cm³/mol. The van der Waals surface area contributed by atoms with Crippen LogP contribution in [0.1, 0.15) is 90.5 Å². The van der Waals surface area contributed by atoms with E-state index >= 15 is 0 Å². The summed E-state index contributed by atoms with van der Waals surface area (Å²) >= 11 is 9.48. The van der Waals surface area contributed by atoms with E-state index in [1.165, 1.54) is 4.90 Å². The van der Waals surface area contributed by atoms with Crippen LogP contribution in [0, 0.1) is 33.1 Å². The molecule has 6 aromatic rings. The Bertz CT molecular complexity index is 3000. The fourth-order valence-corrected chi connectivity index (χ4v) is 11.1. The van der Waals surface area contributed by atoms with Crippen LogP contribution >= 0.6 is 34.3 Å². The lowest BCUT2D eigenvalue weighted by atomic mass is 9.85. The Labute approximate surface area is 443 Å². The van der Waals surface area contributed by atoms with Gasteiger partial charge in [-0.2, -0.15) is 0 Å². The fourth-order valence-electron chi connectivity index (χ4n) is 8.92. The highest BCUT2D eigenvalue weighted by molar-refractivity contribution is 7.15. The van der Waals surface area contributed by atoms with Crippen molar-refractivity contribution in [1.82, 2.24) is 35.3 Å². The van der Waals surface area contributed by atoms with Crippen molar-refractivity contribution in [3.63, 3.8) is 0 Å². The van der Waals surface area contributed by atoms with Crippen LogP contribution in [0.5, 0.6) is 5.75 Å². The molecule has 4 atom stereocenters. The van der Waals surface area contributed by atoms with Crippen LogP contribution in [0.4, 0.5) is 5.69 Å². The number of β-amino-alcohol motifs (C(OH)–C–C–N with tert-alkyl or cyclic N) is 1. The third kappa shape index (κ3) is 12.9. The van der Waals surface area contributed by atoms with Crippen LogP contribution in [-0.4, -0.2) is 117 Å². The molecule has 8 rings (SSSR count). The number of nitrogens with one attached hydrogen (secondary N) is 3. The molecule has 3 aromatic heterocycles. The van der Waals surface area contributed by atoms with Crippen molar-refractivity contribution >= 4 is 69.3 Å². The Balaban J connectivity index is 0.752. The van der Waals surface area contributed by atoms with E-state index in [0.717, 1.165) is 54.0 Å².